The van der Waals surface area contributed by atoms with Gasteiger partial charge in [0, 0.05) is 19.0 Å². The molecule has 0 saturated carbocycles. The Kier molecular flexibility index (Phi) is 4.20. The highest BCUT2D eigenvalue weighted by molar-refractivity contribution is 5.90. The van der Waals surface area contributed by atoms with Gasteiger partial charge in [-0.2, -0.15) is 0 Å². The number of likely N-dealkylation sites (tertiary alicyclic amines) is 1. The SMILES string of the molecule is CC(O)C1CCCN(C(=O)c2ncn(-c3ccccc3)n2)C1. The lowest BCUT2D eigenvalue weighted by molar-refractivity contribution is 0.0457. The molecule has 1 aromatic carbocycles. The van der Waals surface area contributed by atoms with E-state index in [0.717, 1.165) is 18.5 Å². The van der Waals surface area contributed by atoms with E-state index in [2.05, 4.69) is 10.1 Å². The second-order valence-electron chi connectivity index (χ2n) is 5.74. The lowest BCUT2D eigenvalue weighted by Gasteiger charge is -2.33. The zero-order valence-corrected chi connectivity index (χ0v) is 12.6. The highest BCUT2D eigenvalue weighted by Gasteiger charge is 2.28. The quantitative estimate of drug-likeness (QED) is 0.932. The topological polar surface area (TPSA) is 71.2 Å². The van der Waals surface area contributed by atoms with Crippen molar-refractivity contribution >= 4 is 5.91 Å². The molecule has 1 aliphatic rings. The second kappa shape index (κ2) is 6.27. The Morgan fingerprint density at radius 2 is 2.14 bits per heavy atom. The molecule has 2 atom stereocenters. The number of para-hydroxylation sites is 1. The zero-order valence-electron chi connectivity index (χ0n) is 12.6. The molecule has 1 aromatic heterocycles. The molecular formula is C16H20N4O2. The summed E-state index contributed by atoms with van der Waals surface area (Å²) in [4.78, 5) is 18.4. The van der Waals surface area contributed by atoms with Crippen LogP contribution in [-0.4, -0.2) is 49.9 Å². The number of hydrogen-bond donors (Lipinski definition) is 1. The van der Waals surface area contributed by atoms with E-state index in [4.69, 9.17) is 0 Å². The van der Waals surface area contributed by atoms with Gasteiger partial charge in [0.05, 0.1) is 11.8 Å². The molecule has 116 valence electrons. The average molecular weight is 300 g/mol. The van der Waals surface area contributed by atoms with Gasteiger partial charge in [-0.3, -0.25) is 4.79 Å². The monoisotopic (exact) mass is 300 g/mol. The molecule has 1 aliphatic heterocycles. The van der Waals surface area contributed by atoms with E-state index in [1.54, 1.807) is 22.8 Å². The van der Waals surface area contributed by atoms with Crippen molar-refractivity contribution in [3.63, 3.8) is 0 Å². The Bertz CT molecular complexity index is 639. The third-order valence-electron chi connectivity index (χ3n) is 4.13. The first-order chi connectivity index (χ1) is 10.6. The molecule has 6 heteroatoms. The van der Waals surface area contributed by atoms with Crippen molar-refractivity contribution in [1.82, 2.24) is 19.7 Å². The fourth-order valence-corrected chi connectivity index (χ4v) is 2.80. The summed E-state index contributed by atoms with van der Waals surface area (Å²) in [7, 11) is 0. The summed E-state index contributed by atoms with van der Waals surface area (Å²) in [5.74, 6) is 0.170. The number of aliphatic hydroxyl groups excluding tert-OH is 1. The van der Waals surface area contributed by atoms with Gasteiger partial charge >= 0.3 is 0 Å². The van der Waals surface area contributed by atoms with Crippen LogP contribution in [0, 0.1) is 5.92 Å². The van der Waals surface area contributed by atoms with Crippen molar-refractivity contribution in [2.24, 2.45) is 5.92 Å². The molecule has 2 unspecified atom stereocenters. The standard InChI is InChI=1S/C16H20N4O2/c1-12(21)13-6-5-9-19(10-13)16(22)15-17-11-20(18-15)14-7-3-2-4-8-14/h2-4,7-8,11-13,21H,5-6,9-10H2,1H3. The zero-order chi connectivity index (χ0) is 15.5. The van der Waals surface area contributed by atoms with Crippen molar-refractivity contribution in [2.45, 2.75) is 25.9 Å². The minimum absolute atomic E-state index is 0.133. The minimum atomic E-state index is -0.398. The number of amides is 1. The van der Waals surface area contributed by atoms with Gasteiger partial charge in [-0.1, -0.05) is 18.2 Å². The summed E-state index contributed by atoms with van der Waals surface area (Å²) < 4.78 is 1.60. The summed E-state index contributed by atoms with van der Waals surface area (Å²) in [6.45, 7) is 3.04. The highest BCUT2D eigenvalue weighted by atomic mass is 16.3. The van der Waals surface area contributed by atoms with Crippen LogP contribution in [0.3, 0.4) is 0 Å². The van der Waals surface area contributed by atoms with Crippen LogP contribution in [0.15, 0.2) is 36.7 Å². The number of carbonyl (C=O) groups is 1. The number of benzene rings is 1. The van der Waals surface area contributed by atoms with Crippen LogP contribution in [0.5, 0.6) is 0 Å². The van der Waals surface area contributed by atoms with Crippen molar-refractivity contribution < 1.29 is 9.90 Å². The summed E-state index contributed by atoms with van der Waals surface area (Å²) in [5, 5.41) is 14.0. The number of hydrogen-bond acceptors (Lipinski definition) is 4. The van der Waals surface area contributed by atoms with E-state index in [1.807, 2.05) is 30.3 Å². The smallest absolute Gasteiger partial charge is 0.293 e. The molecule has 1 saturated heterocycles. The van der Waals surface area contributed by atoms with Gasteiger partial charge in [0.25, 0.3) is 5.91 Å². The van der Waals surface area contributed by atoms with Crippen molar-refractivity contribution in [3.05, 3.63) is 42.5 Å². The number of aromatic nitrogens is 3. The average Bonchev–Trinajstić information content (AvgIpc) is 3.05. The number of rotatable bonds is 3. The molecule has 0 bridgehead atoms. The van der Waals surface area contributed by atoms with Crippen LogP contribution in [0.25, 0.3) is 5.69 Å². The van der Waals surface area contributed by atoms with E-state index in [9.17, 15) is 9.90 Å². The fourth-order valence-electron chi connectivity index (χ4n) is 2.80. The molecule has 3 rings (SSSR count). The summed E-state index contributed by atoms with van der Waals surface area (Å²) in [5.41, 5.74) is 0.870. The minimum Gasteiger partial charge on any atom is -0.393 e. The van der Waals surface area contributed by atoms with Gasteiger partial charge in [0.15, 0.2) is 0 Å². The van der Waals surface area contributed by atoms with Gasteiger partial charge in [-0.15, -0.1) is 5.10 Å². The lowest BCUT2D eigenvalue weighted by Crippen LogP contribution is -2.43. The Balaban J connectivity index is 1.74. The van der Waals surface area contributed by atoms with E-state index >= 15 is 0 Å². The molecule has 1 fully saturated rings. The summed E-state index contributed by atoms with van der Waals surface area (Å²) in [6.07, 6.45) is 3.01. The summed E-state index contributed by atoms with van der Waals surface area (Å²) >= 11 is 0. The fraction of sp³-hybridized carbons (Fsp3) is 0.438. The first-order valence-electron chi connectivity index (χ1n) is 7.59. The van der Waals surface area contributed by atoms with Crippen LogP contribution in [0.1, 0.15) is 30.4 Å². The Hall–Kier alpha value is -2.21. The molecule has 22 heavy (non-hydrogen) atoms. The van der Waals surface area contributed by atoms with Gasteiger partial charge in [0.2, 0.25) is 5.82 Å². The van der Waals surface area contributed by atoms with E-state index < -0.39 is 6.10 Å². The predicted octanol–water partition coefficient (Wildman–Crippen LogP) is 1.50. The molecule has 6 nitrogen and oxygen atoms in total. The summed E-state index contributed by atoms with van der Waals surface area (Å²) in [6, 6.07) is 9.57. The van der Waals surface area contributed by atoms with E-state index in [1.165, 1.54) is 0 Å². The largest absolute Gasteiger partial charge is 0.393 e. The van der Waals surface area contributed by atoms with Crippen LogP contribution in [0.2, 0.25) is 0 Å². The maximum absolute atomic E-state index is 12.5. The van der Waals surface area contributed by atoms with Crippen molar-refractivity contribution in [1.29, 1.82) is 0 Å². The molecule has 0 spiro atoms. The third kappa shape index (κ3) is 3.01. The molecule has 0 aliphatic carbocycles. The molecule has 2 heterocycles. The van der Waals surface area contributed by atoms with E-state index in [0.29, 0.717) is 13.1 Å². The molecule has 2 aromatic rings. The third-order valence-corrected chi connectivity index (χ3v) is 4.13. The number of carbonyl (C=O) groups excluding carboxylic acids is 1. The van der Waals surface area contributed by atoms with Crippen LogP contribution in [0.4, 0.5) is 0 Å². The van der Waals surface area contributed by atoms with Gasteiger partial charge in [-0.05, 0) is 31.9 Å². The highest BCUT2D eigenvalue weighted by Crippen LogP contribution is 2.20. The van der Waals surface area contributed by atoms with E-state index in [-0.39, 0.29) is 17.6 Å². The predicted molar refractivity (Wildman–Crippen MR) is 81.7 cm³/mol. The molecule has 1 N–H and O–H groups in total. The Morgan fingerprint density at radius 1 is 1.36 bits per heavy atom. The van der Waals surface area contributed by atoms with Crippen LogP contribution < -0.4 is 0 Å². The lowest BCUT2D eigenvalue weighted by atomic mass is 9.93. The first kappa shape index (κ1) is 14.7. The Labute approximate surface area is 129 Å². The molecule has 1 amide bonds. The van der Waals surface area contributed by atoms with Crippen molar-refractivity contribution in [3.8, 4) is 5.69 Å². The normalized spacial score (nSPS) is 19.9. The molecule has 0 radical (unpaired) electrons. The van der Waals surface area contributed by atoms with Crippen molar-refractivity contribution in [2.75, 3.05) is 13.1 Å². The maximum Gasteiger partial charge on any atom is 0.293 e. The van der Waals surface area contributed by atoms with Gasteiger partial charge < -0.3 is 10.0 Å². The van der Waals surface area contributed by atoms with Crippen LogP contribution >= 0.6 is 0 Å². The number of nitrogens with zero attached hydrogens (tertiary/aromatic N) is 4. The van der Waals surface area contributed by atoms with Crippen LogP contribution in [-0.2, 0) is 0 Å². The molecular weight excluding hydrogens is 280 g/mol. The van der Waals surface area contributed by atoms with Gasteiger partial charge in [-0.25, -0.2) is 9.67 Å². The first-order valence-corrected chi connectivity index (χ1v) is 7.59. The second-order valence-corrected chi connectivity index (χ2v) is 5.74. The number of piperidine rings is 1. The maximum atomic E-state index is 12.5. The number of aliphatic hydroxyl groups is 1. The Morgan fingerprint density at radius 3 is 2.86 bits per heavy atom. The van der Waals surface area contributed by atoms with Gasteiger partial charge in [0.1, 0.15) is 6.33 Å².